The first kappa shape index (κ1) is 21.2. The van der Waals surface area contributed by atoms with Crippen molar-refractivity contribution in [2.75, 3.05) is 0 Å². The lowest BCUT2D eigenvalue weighted by atomic mass is 10.2. The summed E-state index contributed by atoms with van der Waals surface area (Å²) in [5.41, 5.74) is 1.15. The van der Waals surface area contributed by atoms with Gasteiger partial charge in [0.2, 0.25) is 0 Å². The largest absolute Gasteiger partial charge is 0.291 e. The third-order valence-corrected chi connectivity index (χ3v) is 9.45. The number of allylic oxidation sites excluding steroid dienone is 1. The van der Waals surface area contributed by atoms with Crippen molar-refractivity contribution in [1.29, 1.82) is 5.26 Å². The van der Waals surface area contributed by atoms with E-state index in [9.17, 15) is 10.1 Å². The molecular formula is C28H22N2OP+. The van der Waals surface area contributed by atoms with Gasteiger partial charge in [0, 0.05) is 5.56 Å². The van der Waals surface area contributed by atoms with E-state index in [-0.39, 0.29) is 5.91 Å². The predicted octanol–water partition coefficient (Wildman–Crippen LogP) is 4.78. The van der Waals surface area contributed by atoms with Crippen LogP contribution < -0.4 is 21.2 Å². The SMILES string of the molecule is N#CC=C(NC(=O)c1ccccc1)[P+](c1ccccc1)(c1ccccc1)c1ccccc1. The molecule has 4 aromatic carbocycles. The van der Waals surface area contributed by atoms with Crippen LogP contribution in [0.5, 0.6) is 0 Å². The first-order chi connectivity index (χ1) is 15.8. The number of benzene rings is 4. The van der Waals surface area contributed by atoms with E-state index in [4.69, 9.17) is 0 Å². The number of carbonyl (C=O) groups is 1. The molecule has 0 radical (unpaired) electrons. The van der Waals surface area contributed by atoms with Gasteiger partial charge in [0.15, 0.2) is 12.7 Å². The highest BCUT2D eigenvalue weighted by Crippen LogP contribution is 2.61. The van der Waals surface area contributed by atoms with Gasteiger partial charge in [-0.25, -0.2) is 0 Å². The molecule has 4 heteroatoms. The van der Waals surface area contributed by atoms with Gasteiger partial charge in [-0.2, -0.15) is 5.26 Å². The molecule has 3 nitrogen and oxygen atoms in total. The second-order valence-electron chi connectivity index (χ2n) is 7.16. The lowest BCUT2D eigenvalue weighted by Gasteiger charge is -2.29. The summed E-state index contributed by atoms with van der Waals surface area (Å²) in [6, 6.07) is 41.7. The zero-order valence-corrected chi connectivity index (χ0v) is 18.3. The summed E-state index contributed by atoms with van der Waals surface area (Å²) in [5.74, 6) is -0.237. The van der Waals surface area contributed by atoms with E-state index in [1.54, 1.807) is 12.1 Å². The van der Waals surface area contributed by atoms with Gasteiger partial charge in [0.25, 0.3) is 5.91 Å². The van der Waals surface area contributed by atoms with Crippen molar-refractivity contribution in [2.24, 2.45) is 0 Å². The summed E-state index contributed by atoms with van der Waals surface area (Å²) in [7, 11) is -2.55. The van der Waals surface area contributed by atoms with Gasteiger partial charge in [-0.15, -0.1) is 0 Å². The summed E-state index contributed by atoms with van der Waals surface area (Å²) in [5, 5.41) is 16.1. The second-order valence-corrected chi connectivity index (χ2v) is 10.5. The standard InChI is InChI=1S/C28H21N2OP/c29-22-21-27(30-28(31)23-13-5-1-6-14-23)32(24-15-7-2-8-16-24,25-17-9-3-10-18-25)26-19-11-4-12-20-26/h1-21H/p+1. The number of rotatable bonds is 6. The van der Waals surface area contributed by atoms with Crippen LogP contribution in [-0.4, -0.2) is 5.91 Å². The molecule has 0 saturated heterocycles. The molecular weight excluding hydrogens is 411 g/mol. The molecule has 0 fully saturated rings. The molecule has 154 valence electrons. The number of nitriles is 1. The quantitative estimate of drug-likeness (QED) is 0.352. The van der Waals surface area contributed by atoms with E-state index < -0.39 is 7.26 Å². The van der Waals surface area contributed by atoms with Crippen LogP contribution in [0.3, 0.4) is 0 Å². The Morgan fingerprint density at radius 1 is 0.656 bits per heavy atom. The van der Waals surface area contributed by atoms with Gasteiger partial charge in [-0.05, 0) is 48.5 Å². The van der Waals surface area contributed by atoms with Crippen molar-refractivity contribution in [3.8, 4) is 6.07 Å². The van der Waals surface area contributed by atoms with Crippen molar-refractivity contribution in [2.45, 2.75) is 0 Å². The number of nitrogens with zero attached hydrogens (tertiary/aromatic N) is 1. The molecule has 0 saturated carbocycles. The number of carbonyl (C=O) groups excluding carboxylic acids is 1. The summed E-state index contributed by atoms with van der Waals surface area (Å²) in [6.45, 7) is 0. The average Bonchev–Trinajstić information content (AvgIpc) is 2.87. The highest BCUT2D eigenvalue weighted by molar-refractivity contribution is 7.99. The van der Waals surface area contributed by atoms with Crippen molar-refractivity contribution in [3.63, 3.8) is 0 Å². The van der Waals surface area contributed by atoms with E-state index in [0.29, 0.717) is 11.0 Å². The Labute approximate surface area is 189 Å². The zero-order valence-electron chi connectivity index (χ0n) is 17.4. The Morgan fingerprint density at radius 3 is 1.41 bits per heavy atom. The Balaban J connectivity index is 2.00. The topological polar surface area (TPSA) is 52.9 Å². The number of hydrogen-bond acceptors (Lipinski definition) is 2. The molecule has 0 atom stereocenters. The average molecular weight is 433 g/mol. The third-order valence-electron chi connectivity index (χ3n) is 5.27. The van der Waals surface area contributed by atoms with Gasteiger partial charge < -0.3 is 0 Å². The van der Waals surface area contributed by atoms with Crippen molar-refractivity contribution in [1.82, 2.24) is 5.32 Å². The Kier molecular flexibility index (Phi) is 6.56. The molecule has 0 aromatic heterocycles. The molecule has 0 spiro atoms. The number of hydrogen-bond donors (Lipinski definition) is 1. The second kappa shape index (κ2) is 9.88. The van der Waals surface area contributed by atoms with Crippen LogP contribution in [0, 0.1) is 11.3 Å². The molecule has 0 heterocycles. The maximum atomic E-state index is 13.2. The van der Waals surface area contributed by atoms with E-state index in [1.807, 2.05) is 72.8 Å². The van der Waals surface area contributed by atoms with Crippen molar-refractivity contribution >= 4 is 29.1 Å². The fraction of sp³-hybridized carbons (Fsp3) is 0. The van der Waals surface area contributed by atoms with E-state index in [0.717, 1.165) is 15.9 Å². The van der Waals surface area contributed by atoms with Crippen molar-refractivity contribution in [3.05, 3.63) is 138 Å². The monoisotopic (exact) mass is 433 g/mol. The smallest absolute Gasteiger partial charge is 0.258 e. The van der Waals surface area contributed by atoms with E-state index in [1.165, 1.54) is 6.08 Å². The maximum absolute atomic E-state index is 13.2. The molecule has 4 aromatic rings. The summed E-state index contributed by atoms with van der Waals surface area (Å²) < 4.78 is 0. The van der Waals surface area contributed by atoms with Crippen LogP contribution in [0.2, 0.25) is 0 Å². The molecule has 4 rings (SSSR count). The minimum atomic E-state index is -2.55. The predicted molar refractivity (Wildman–Crippen MR) is 133 cm³/mol. The molecule has 1 N–H and O–H groups in total. The van der Waals surface area contributed by atoms with Crippen LogP contribution in [0.1, 0.15) is 10.4 Å². The molecule has 0 aliphatic rings. The van der Waals surface area contributed by atoms with Gasteiger partial charge in [0.1, 0.15) is 15.9 Å². The van der Waals surface area contributed by atoms with E-state index in [2.05, 4.69) is 47.8 Å². The van der Waals surface area contributed by atoms with Crippen LogP contribution in [0.15, 0.2) is 133 Å². The Morgan fingerprint density at radius 2 is 1.03 bits per heavy atom. The third kappa shape index (κ3) is 4.10. The van der Waals surface area contributed by atoms with Gasteiger partial charge >= 0.3 is 0 Å². The fourth-order valence-corrected chi connectivity index (χ4v) is 7.98. The van der Waals surface area contributed by atoms with Crippen LogP contribution in [0.25, 0.3) is 0 Å². The highest BCUT2D eigenvalue weighted by Gasteiger charge is 2.50. The molecule has 0 bridgehead atoms. The van der Waals surface area contributed by atoms with Gasteiger partial charge in [-0.1, -0.05) is 72.8 Å². The maximum Gasteiger partial charge on any atom is 0.258 e. The van der Waals surface area contributed by atoms with Gasteiger partial charge in [0.05, 0.1) is 12.1 Å². The fourth-order valence-electron chi connectivity index (χ4n) is 3.88. The zero-order chi connectivity index (χ0) is 22.2. The minimum absolute atomic E-state index is 0.237. The Hall–Kier alpha value is -3.99. The number of amides is 1. The lowest BCUT2D eigenvalue weighted by Crippen LogP contribution is -2.38. The van der Waals surface area contributed by atoms with Gasteiger partial charge in [-0.3, -0.25) is 10.1 Å². The molecule has 0 unspecified atom stereocenters. The first-order valence-corrected chi connectivity index (χ1v) is 12.1. The highest BCUT2D eigenvalue weighted by atomic mass is 31.2. The number of nitrogens with one attached hydrogen (secondary N) is 1. The first-order valence-electron chi connectivity index (χ1n) is 10.3. The molecule has 32 heavy (non-hydrogen) atoms. The summed E-state index contributed by atoms with van der Waals surface area (Å²) in [4.78, 5) is 13.2. The summed E-state index contributed by atoms with van der Waals surface area (Å²) in [6.07, 6.45) is 1.49. The summed E-state index contributed by atoms with van der Waals surface area (Å²) >= 11 is 0. The Bertz CT molecular complexity index is 1150. The normalized spacial score (nSPS) is 11.4. The van der Waals surface area contributed by atoms with Crippen LogP contribution in [-0.2, 0) is 0 Å². The molecule has 0 aliphatic heterocycles. The van der Waals surface area contributed by atoms with Crippen LogP contribution in [0.4, 0.5) is 0 Å². The molecule has 1 amide bonds. The lowest BCUT2D eigenvalue weighted by molar-refractivity contribution is 0.0968. The van der Waals surface area contributed by atoms with Crippen LogP contribution >= 0.6 is 7.26 Å². The molecule has 0 aliphatic carbocycles. The van der Waals surface area contributed by atoms with Crippen molar-refractivity contribution < 1.29 is 4.79 Å². The van der Waals surface area contributed by atoms with E-state index >= 15 is 0 Å². The minimum Gasteiger partial charge on any atom is -0.291 e.